The summed E-state index contributed by atoms with van der Waals surface area (Å²) in [5, 5.41) is 5.53. The van der Waals surface area contributed by atoms with E-state index in [-0.39, 0.29) is 30.3 Å². The second-order valence-electron chi connectivity index (χ2n) is 7.02. The van der Waals surface area contributed by atoms with Crippen molar-refractivity contribution in [1.82, 2.24) is 10.6 Å². The van der Waals surface area contributed by atoms with E-state index in [4.69, 9.17) is 0 Å². The fourth-order valence-electron chi connectivity index (χ4n) is 3.42. The third-order valence-electron chi connectivity index (χ3n) is 4.96. The summed E-state index contributed by atoms with van der Waals surface area (Å²) in [6, 6.07) is 14.6. The van der Waals surface area contributed by atoms with Gasteiger partial charge < -0.3 is 15.5 Å². The highest BCUT2D eigenvalue weighted by atomic mass is 16.2. The van der Waals surface area contributed by atoms with Gasteiger partial charge in [0.2, 0.25) is 11.8 Å². The highest BCUT2D eigenvalue weighted by Crippen LogP contribution is 2.21. The molecule has 1 aliphatic heterocycles. The molecule has 0 saturated carbocycles. The van der Waals surface area contributed by atoms with Crippen LogP contribution in [-0.2, 0) is 9.59 Å². The number of aryl methyl sites for hydroxylation is 1. The molecule has 2 N–H and O–H groups in total. The first-order chi connectivity index (χ1) is 13.5. The zero-order valence-electron chi connectivity index (χ0n) is 16.2. The smallest absolute Gasteiger partial charge is 0.251 e. The summed E-state index contributed by atoms with van der Waals surface area (Å²) in [4.78, 5) is 38.0. The highest BCUT2D eigenvalue weighted by molar-refractivity contribution is 5.98. The van der Waals surface area contributed by atoms with Gasteiger partial charge in [0.05, 0.1) is 12.6 Å². The number of nitrogens with zero attached hydrogens (tertiary/aromatic N) is 1. The van der Waals surface area contributed by atoms with Crippen molar-refractivity contribution in [2.75, 3.05) is 18.0 Å². The van der Waals surface area contributed by atoms with Crippen LogP contribution < -0.4 is 15.5 Å². The van der Waals surface area contributed by atoms with Crippen molar-refractivity contribution >= 4 is 23.4 Å². The molecular formula is C22H25N3O3. The second-order valence-corrected chi connectivity index (χ2v) is 7.02. The van der Waals surface area contributed by atoms with Crippen molar-refractivity contribution in [3.63, 3.8) is 0 Å². The Kier molecular flexibility index (Phi) is 6.09. The van der Waals surface area contributed by atoms with Gasteiger partial charge in [-0.3, -0.25) is 14.4 Å². The lowest BCUT2D eigenvalue weighted by Gasteiger charge is -2.17. The Labute approximate surface area is 164 Å². The molecule has 2 aromatic rings. The summed E-state index contributed by atoms with van der Waals surface area (Å²) in [6.45, 7) is 4.53. The monoisotopic (exact) mass is 379 g/mol. The van der Waals surface area contributed by atoms with Gasteiger partial charge in [-0.25, -0.2) is 0 Å². The summed E-state index contributed by atoms with van der Waals surface area (Å²) in [5.74, 6) is -0.460. The standard InChI is InChI=1S/C22H25N3O3/c1-15-6-3-4-7-19(15)16(2)24-20(26)14-23-22(28)17-9-11-18(12-10-17)25-13-5-8-21(25)27/h3-4,6-7,9-12,16H,5,8,13-14H2,1-2H3,(H,23,28)(H,24,26). The summed E-state index contributed by atoms with van der Waals surface area (Å²) in [7, 11) is 0. The van der Waals surface area contributed by atoms with Crippen molar-refractivity contribution in [3.8, 4) is 0 Å². The molecule has 3 rings (SSSR count). The van der Waals surface area contributed by atoms with Gasteiger partial charge in [-0.1, -0.05) is 24.3 Å². The largest absolute Gasteiger partial charge is 0.348 e. The third kappa shape index (κ3) is 4.57. The number of carbonyl (C=O) groups is 3. The number of carbonyl (C=O) groups excluding carboxylic acids is 3. The van der Waals surface area contributed by atoms with E-state index in [1.165, 1.54) is 0 Å². The normalized spacial score (nSPS) is 14.6. The van der Waals surface area contributed by atoms with Crippen LogP contribution in [0.1, 0.15) is 47.3 Å². The van der Waals surface area contributed by atoms with Gasteiger partial charge in [-0.15, -0.1) is 0 Å². The predicted molar refractivity (Wildman–Crippen MR) is 108 cm³/mol. The molecule has 0 radical (unpaired) electrons. The summed E-state index contributed by atoms with van der Waals surface area (Å²) >= 11 is 0. The molecule has 0 aliphatic carbocycles. The molecule has 3 amide bonds. The van der Waals surface area contributed by atoms with Crippen molar-refractivity contribution in [2.24, 2.45) is 0 Å². The highest BCUT2D eigenvalue weighted by Gasteiger charge is 2.21. The second kappa shape index (κ2) is 8.69. The number of anilines is 1. The van der Waals surface area contributed by atoms with E-state index < -0.39 is 0 Å². The molecule has 1 aliphatic rings. The molecule has 146 valence electrons. The maximum absolute atomic E-state index is 12.3. The van der Waals surface area contributed by atoms with E-state index in [1.807, 2.05) is 38.1 Å². The lowest BCUT2D eigenvalue weighted by molar-refractivity contribution is -0.120. The molecular weight excluding hydrogens is 354 g/mol. The Morgan fingerprint density at radius 2 is 1.82 bits per heavy atom. The fraction of sp³-hybridized carbons (Fsp3) is 0.318. The molecule has 6 heteroatoms. The van der Waals surface area contributed by atoms with Gasteiger partial charge in [0.15, 0.2) is 0 Å². The first kappa shape index (κ1) is 19.6. The van der Waals surface area contributed by atoms with Gasteiger partial charge in [0.1, 0.15) is 0 Å². The van der Waals surface area contributed by atoms with Crippen molar-refractivity contribution in [3.05, 3.63) is 65.2 Å². The minimum absolute atomic E-state index is 0.0958. The molecule has 1 atom stereocenters. The van der Waals surface area contributed by atoms with Crippen LogP contribution in [0.25, 0.3) is 0 Å². The van der Waals surface area contributed by atoms with Gasteiger partial charge >= 0.3 is 0 Å². The van der Waals surface area contributed by atoms with Crippen LogP contribution in [0.2, 0.25) is 0 Å². The van der Waals surface area contributed by atoms with Crippen LogP contribution in [0, 0.1) is 6.92 Å². The average Bonchev–Trinajstić information content (AvgIpc) is 3.12. The number of nitrogens with one attached hydrogen (secondary N) is 2. The molecule has 0 spiro atoms. The van der Waals surface area contributed by atoms with Crippen LogP contribution >= 0.6 is 0 Å². The average molecular weight is 379 g/mol. The first-order valence-corrected chi connectivity index (χ1v) is 9.49. The summed E-state index contributed by atoms with van der Waals surface area (Å²) in [5.41, 5.74) is 3.41. The van der Waals surface area contributed by atoms with Crippen LogP contribution in [0.5, 0.6) is 0 Å². The van der Waals surface area contributed by atoms with Gasteiger partial charge in [0.25, 0.3) is 5.91 Å². The molecule has 0 bridgehead atoms. The Balaban J connectivity index is 1.51. The van der Waals surface area contributed by atoms with Crippen LogP contribution in [0.3, 0.4) is 0 Å². The molecule has 0 aromatic heterocycles. The number of hydrogen-bond acceptors (Lipinski definition) is 3. The van der Waals surface area contributed by atoms with E-state index in [9.17, 15) is 14.4 Å². The Morgan fingerprint density at radius 1 is 1.11 bits per heavy atom. The SMILES string of the molecule is Cc1ccccc1C(C)NC(=O)CNC(=O)c1ccc(N2CCCC2=O)cc1. The minimum atomic E-state index is -0.321. The Bertz CT molecular complexity index is 877. The maximum atomic E-state index is 12.3. The molecule has 28 heavy (non-hydrogen) atoms. The van der Waals surface area contributed by atoms with Crippen molar-refractivity contribution < 1.29 is 14.4 Å². The molecule has 1 fully saturated rings. The lowest BCUT2D eigenvalue weighted by Crippen LogP contribution is -2.38. The molecule has 1 unspecified atom stereocenters. The quantitative estimate of drug-likeness (QED) is 0.810. The van der Waals surface area contributed by atoms with E-state index in [0.29, 0.717) is 18.5 Å². The maximum Gasteiger partial charge on any atom is 0.251 e. The first-order valence-electron chi connectivity index (χ1n) is 9.49. The molecule has 1 saturated heterocycles. The fourth-order valence-corrected chi connectivity index (χ4v) is 3.42. The number of hydrogen-bond donors (Lipinski definition) is 2. The summed E-state index contributed by atoms with van der Waals surface area (Å²) in [6.07, 6.45) is 1.43. The van der Waals surface area contributed by atoms with E-state index in [0.717, 1.165) is 23.2 Å². The van der Waals surface area contributed by atoms with Crippen LogP contribution in [-0.4, -0.2) is 30.8 Å². The lowest BCUT2D eigenvalue weighted by atomic mass is 10.0. The van der Waals surface area contributed by atoms with Crippen LogP contribution in [0.4, 0.5) is 5.69 Å². The molecule has 6 nitrogen and oxygen atoms in total. The zero-order chi connectivity index (χ0) is 20.1. The Morgan fingerprint density at radius 3 is 2.46 bits per heavy atom. The van der Waals surface area contributed by atoms with Crippen LogP contribution in [0.15, 0.2) is 48.5 Å². The molecule has 1 heterocycles. The van der Waals surface area contributed by atoms with Gasteiger partial charge in [-0.05, 0) is 55.7 Å². The summed E-state index contributed by atoms with van der Waals surface area (Å²) < 4.78 is 0. The van der Waals surface area contributed by atoms with Gasteiger partial charge in [-0.2, -0.15) is 0 Å². The topological polar surface area (TPSA) is 78.5 Å². The van der Waals surface area contributed by atoms with E-state index >= 15 is 0 Å². The van der Waals surface area contributed by atoms with Crippen molar-refractivity contribution in [2.45, 2.75) is 32.7 Å². The Hall–Kier alpha value is -3.15. The van der Waals surface area contributed by atoms with Crippen molar-refractivity contribution in [1.29, 1.82) is 0 Å². The number of rotatable bonds is 6. The number of benzene rings is 2. The molecule has 2 aromatic carbocycles. The van der Waals surface area contributed by atoms with E-state index in [1.54, 1.807) is 29.2 Å². The number of amides is 3. The van der Waals surface area contributed by atoms with Gasteiger partial charge in [0, 0.05) is 24.2 Å². The third-order valence-corrected chi connectivity index (χ3v) is 4.96. The predicted octanol–water partition coefficient (Wildman–Crippen LogP) is 2.73. The van der Waals surface area contributed by atoms with E-state index in [2.05, 4.69) is 10.6 Å². The zero-order valence-corrected chi connectivity index (χ0v) is 16.2. The minimum Gasteiger partial charge on any atom is -0.348 e.